The molecule has 0 bridgehead atoms. The number of nitrogen functional groups attached to an aromatic ring is 1. The summed E-state index contributed by atoms with van der Waals surface area (Å²) in [4.78, 5) is 16.8. The van der Waals surface area contributed by atoms with Crippen molar-refractivity contribution in [3.63, 3.8) is 0 Å². The van der Waals surface area contributed by atoms with Crippen LogP contribution in [-0.4, -0.2) is 16.9 Å². The summed E-state index contributed by atoms with van der Waals surface area (Å²) >= 11 is 0. The van der Waals surface area contributed by atoms with Crippen molar-refractivity contribution in [3.05, 3.63) is 23.4 Å². The van der Waals surface area contributed by atoms with Gasteiger partial charge < -0.3 is 11.1 Å². The molecule has 116 valence electrons. The maximum absolute atomic E-state index is 12.5. The van der Waals surface area contributed by atoms with Gasteiger partial charge in [-0.1, -0.05) is 40.0 Å². The van der Waals surface area contributed by atoms with Crippen LogP contribution in [0.1, 0.15) is 74.8 Å². The SMILES string of the molecule is CCC1CCCCC1NC(=O)c1cc(N)nc(C(C)C)c1. The van der Waals surface area contributed by atoms with Crippen molar-refractivity contribution in [1.29, 1.82) is 0 Å². The number of aromatic nitrogens is 1. The summed E-state index contributed by atoms with van der Waals surface area (Å²) in [5, 5.41) is 3.21. The molecule has 1 aliphatic carbocycles. The molecule has 4 heteroatoms. The lowest BCUT2D eigenvalue weighted by Gasteiger charge is -2.31. The molecule has 0 aliphatic heterocycles. The van der Waals surface area contributed by atoms with E-state index in [1.807, 2.05) is 6.07 Å². The maximum Gasteiger partial charge on any atom is 0.251 e. The Morgan fingerprint density at radius 2 is 2.10 bits per heavy atom. The summed E-state index contributed by atoms with van der Waals surface area (Å²) in [5.41, 5.74) is 7.33. The van der Waals surface area contributed by atoms with Crippen molar-refractivity contribution >= 4 is 11.7 Å². The monoisotopic (exact) mass is 289 g/mol. The van der Waals surface area contributed by atoms with E-state index in [-0.39, 0.29) is 11.8 Å². The summed E-state index contributed by atoms with van der Waals surface area (Å²) in [7, 11) is 0. The summed E-state index contributed by atoms with van der Waals surface area (Å²) in [6.07, 6.45) is 5.92. The zero-order valence-electron chi connectivity index (χ0n) is 13.4. The zero-order chi connectivity index (χ0) is 15.4. The van der Waals surface area contributed by atoms with Gasteiger partial charge in [0.05, 0.1) is 0 Å². The van der Waals surface area contributed by atoms with Gasteiger partial charge in [0, 0.05) is 17.3 Å². The minimum absolute atomic E-state index is 0.0173. The van der Waals surface area contributed by atoms with E-state index < -0.39 is 0 Å². The highest BCUT2D eigenvalue weighted by atomic mass is 16.1. The number of hydrogen-bond donors (Lipinski definition) is 2. The molecule has 3 N–H and O–H groups in total. The van der Waals surface area contributed by atoms with Gasteiger partial charge in [-0.3, -0.25) is 4.79 Å². The first-order chi connectivity index (χ1) is 10.0. The van der Waals surface area contributed by atoms with Crippen LogP contribution in [-0.2, 0) is 0 Å². The van der Waals surface area contributed by atoms with Crippen LogP contribution < -0.4 is 11.1 Å². The molecule has 1 aromatic rings. The number of carbonyl (C=O) groups excluding carboxylic acids is 1. The number of nitrogens with two attached hydrogens (primary N) is 1. The molecule has 1 heterocycles. The largest absolute Gasteiger partial charge is 0.384 e. The number of pyridine rings is 1. The van der Waals surface area contributed by atoms with Crippen LogP contribution in [0.4, 0.5) is 5.82 Å². The third-order valence-corrected chi connectivity index (χ3v) is 4.47. The molecule has 1 aromatic heterocycles. The standard InChI is InChI=1S/C17H27N3O/c1-4-12-7-5-6-8-14(12)20-17(21)13-9-15(11(2)3)19-16(18)10-13/h9-12,14H,4-8H2,1-3H3,(H2,18,19)(H,20,21). The molecule has 2 atom stereocenters. The third-order valence-electron chi connectivity index (χ3n) is 4.47. The molecular formula is C17H27N3O. The lowest BCUT2D eigenvalue weighted by atomic mass is 9.83. The smallest absolute Gasteiger partial charge is 0.251 e. The van der Waals surface area contributed by atoms with Crippen LogP contribution in [0, 0.1) is 5.92 Å². The normalized spacial score (nSPS) is 22.3. The minimum atomic E-state index is -0.0173. The van der Waals surface area contributed by atoms with Gasteiger partial charge in [-0.15, -0.1) is 0 Å². The number of rotatable bonds is 4. The van der Waals surface area contributed by atoms with Gasteiger partial charge in [-0.05, 0) is 36.8 Å². The van der Waals surface area contributed by atoms with E-state index in [1.165, 1.54) is 19.3 Å². The second-order valence-corrected chi connectivity index (χ2v) is 6.39. The van der Waals surface area contributed by atoms with Crippen molar-refractivity contribution < 1.29 is 4.79 Å². The second kappa shape index (κ2) is 6.92. The predicted molar refractivity (Wildman–Crippen MR) is 86.2 cm³/mol. The number of nitrogens with zero attached hydrogens (tertiary/aromatic N) is 1. The zero-order valence-corrected chi connectivity index (χ0v) is 13.4. The van der Waals surface area contributed by atoms with E-state index in [0.29, 0.717) is 23.3 Å². The van der Waals surface area contributed by atoms with E-state index in [2.05, 4.69) is 31.1 Å². The topological polar surface area (TPSA) is 68.0 Å². The van der Waals surface area contributed by atoms with Gasteiger partial charge in [-0.25, -0.2) is 4.98 Å². The Morgan fingerprint density at radius 1 is 1.38 bits per heavy atom. The van der Waals surface area contributed by atoms with Crippen molar-refractivity contribution in [1.82, 2.24) is 10.3 Å². The molecule has 1 saturated carbocycles. The Kier molecular flexibility index (Phi) is 5.21. The van der Waals surface area contributed by atoms with Crippen LogP contribution in [0.25, 0.3) is 0 Å². The first kappa shape index (κ1) is 15.8. The number of hydrogen-bond acceptors (Lipinski definition) is 3. The van der Waals surface area contributed by atoms with Crippen molar-refractivity contribution in [2.24, 2.45) is 5.92 Å². The summed E-state index contributed by atoms with van der Waals surface area (Å²) in [6.45, 7) is 6.31. The number of amides is 1. The van der Waals surface area contributed by atoms with Crippen LogP contribution >= 0.6 is 0 Å². The summed E-state index contributed by atoms with van der Waals surface area (Å²) < 4.78 is 0. The molecule has 4 nitrogen and oxygen atoms in total. The molecule has 0 aromatic carbocycles. The predicted octanol–water partition coefficient (Wildman–Crippen LogP) is 3.49. The fourth-order valence-electron chi connectivity index (χ4n) is 3.14. The molecule has 1 aliphatic rings. The fraction of sp³-hybridized carbons (Fsp3) is 0.647. The Bertz CT molecular complexity index is 499. The van der Waals surface area contributed by atoms with Crippen LogP contribution in [0.5, 0.6) is 0 Å². The highest BCUT2D eigenvalue weighted by Gasteiger charge is 2.25. The second-order valence-electron chi connectivity index (χ2n) is 6.39. The lowest BCUT2D eigenvalue weighted by Crippen LogP contribution is -2.42. The van der Waals surface area contributed by atoms with Gasteiger partial charge in [0.15, 0.2) is 0 Å². The molecule has 0 saturated heterocycles. The average Bonchev–Trinajstić information content (AvgIpc) is 2.47. The van der Waals surface area contributed by atoms with Crippen molar-refractivity contribution in [2.45, 2.75) is 64.8 Å². The molecule has 0 spiro atoms. The van der Waals surface area contributed by atoms with E-state index >= 15 is 0 Å². The summed E-state index contributed by atoms with van der Waals surface area (Å²) in [6, 6.07) is 3.83. The van der Waals surface area contributed by atoms with Crippen LogP contribution in [0.2, 0.25) is 0 Å². The van der Waals surface area contributed by atoms with Crippen molar-refractivity contribution in [2.75, 3.05) is 5.73 Å². The number of nitrogens with one attached hydrogen (secondary N) is 1. The Balaban J connectivity index is 2.12. The van der Waals surface area contributed by atoms with Gasteiger partial charge in [0.2, 0.25) is 0 Å². The Morgan fingerprint density at radius 3 is 2.76 bits per heavy atom. The third kappa shape index (κ3) is 3.96. The number of anilines is 1. The Labute approximate surface area is 127 Å². The molecule has 2 rings (SSSR count). The first-order valence-corrected chi connectivity index (χ1v) is 8.09. The molecular weight excluding hydrogens is 262 g/mol. The number of carbonyl (C=O) groups is 1. The molecule has 2 unspecified atom stereocenters. The van der Waals surface area contributed by atoms with E-state index in [9.17, 15) is 4.79 Å². The van der Waals surface area contributed by atoms with Crippen molar-refractivity contribution in [3.8, 4) is 0 Å². The average molecular weight is 289 g/mol. The van der Waals surface area contributed by atoms with Gasteiger partial charge >= 0.3 is 0 Å². The van der Waals surface area contributed by atoms with Gasteiger partial charge in [0.25, 0.3) is 5.91 Å². The maximum atomic E-state index is 12.5. The highest BCUT2D eigenvalue weighted by molar-refractivity contribution is 5.95. The van der Waals surface area contributed by atoms with Crippen LogP contribution in [0.3, 0.4) is 0 Å². The van der Waals surface area contributed by atoms with Gasteiger partial charge in [-0.2, -0.15) is 0 Å². The molecule has 1 fully saturated rings. The molecule has 1 amide bonds. The first-order valence-electron chi connectivity index (χ1n) is 8.09. The van der Waals surface area contributed by atoms with Crippen LogP contribution in [0.15, 0.2) is 12.1 Å². The van der Waals surface area contributed by atoms with E-state index in [4.69, 9.17) is 5.73 Å². The van der Waals surface area contributed by atoms with E-state index in [1.54, 1.807) is 6.07 Å². The highest BCUT2D eigenvalue weighted by Crippen LogP contribution is 2.27. The lowest BCUT2D eigenvalue weighted by molar-refractivity contribution is 0.0904. The minimum Gasteiger partial charge on any atom is -0.384 e. The molecule has 0 radical (unpaired) electrons. The summed E-state index contributed by atoms with van der Waals surface area (Å²) in [5.74, 6) is 1.27. The molecule has 21 heavy (non-hydrogen) atoms. The van der Waals surface area contributed by atoms with E-state index in [0.717, 1.165) is 18.5 Å². The Hall–Kier alpha value is -1.58. The van der Waals surface area contributed by atoms with Gasteiger partial charge in [0.1, 0.15) is 5.82 Å². The fourth-order valence-corrected chi connectivity index (χ4v) is 3.14. The quantitative estimate of drug-likeness (QED) is 0.891.